The van der Waals surface area contributed by atoms with Crippen molar-refractivity contribution in [1.82, 2.24) is 5.32 Å². The van der Waals surface area contributed by atoms with E-state index in [1.54, 1.807) is 19.2 Å². The second kappa shape index (κ2) is 6.38. The van der Waals surface area contributed by atoms with Gasteiger partial charge >= 0.3 is 0 Å². The summed E-state index contributed by atoms with van der Waals surface area (Å²) in [5, 5.41) is 3.50. The van der Waals surface area contributed by atoms with Crippen molar-refractivity contribution in [3.8, 4) is 5.75 Å². The van der Waals surface area contributed by atoms with Crippen LogP contribution in [0.1, 0.15) is 44.6 Å². The summed E-state index contributed by atoms with van der Waals surface area (Å²) in [6.07, 6.45) is 3.56. The third-order valence-electron chi connectivity index (χ3n) is 4.04. The van der Waals surface area contributed by atoms with E-state index in [2.05, 4.69) is 19.2 Å². The highest BCUT2D eigenvalue weighted by Gasteiger charge is 2.30. The smallest absolute Gasteiger partial charge is 0.123 e. The molecule has 0 aliphatic heterocycles. The Morgan fingerprint density at radius 3 is 2.84 bits per heavy atom. The van der Waals surface area contributed by atoms with E-state index in [0.717, 1.165) is 24.3 Å². The molecule has 19 heavy (non-hydrogen) atoms. The zero-order valence-corrected chi connectivity index (χ0v) is 12.1. The lowest BCUT2D eigenvalue weighted by molar-refractivity contribution is 0.382. The standard InChI is InChI=1S/C16H24FNO/c1-11(2)18-10-12-5-4-6-14(12)15-9-13(17)7-8-16(15)19-3/h7-9,11-12,14,18H,4-6,10H2,1-3H3. The van der Waals surface area contributed by atoms with Crippen LogP contribution in [0.5, 0.6) is 5.75 Å². The molecule has 2 nitrogen and oxygen atoms in total. The SMILES string of the molecule is COc1ccc(F)cc1C1CCCC1CNC(C)C. The summed E-state index contributed by atoms with van der Waals surface area (Å²) >= 11 is 0. The Balaban J connectivity index is 2.17. The van der Waals surface area contributed by atoms with Gasteiger partial charge in [-0.1, -0.05) is 20.3 Å². The number of rotatable bonds is 5. The number of hydrogen-bond donors (Lipinski definition) is 1. The summed E-state index contributed by atoms with van der Waals surface area (Å²) in [5.74, 6) is 1.65. The molecule has 0 saturated heterocycles. The minimum Gasteiger partial charge on any atom is -0.496 e. The molecule has 2 unspecified atom stereocenters. The Labute approximate surface area is 115 Å². The maximum absolute atomic E-state index is 13.5. The summed E-state index contributed by atoms with van der Waals surface area (Å²) in [5.41, 5.74) is 1.04. The van der Waals surface area contributed by atoms with Crippen molar-refractivity contribution in [2.75, 3.05) is 13.7 Å². The van der Waals surface area contributed by atoms with Crippen LogP contribution >= 0.6 is 0 Å². The second-order valence-electron chi connectivity index (χ2n) is 5.75. The van der Waals surface area contributed by atoms with Crippen molar-refractivity contribution < 1.29 is 9.13 Å². The van der Waals surface area contributed by atoms with Crippen LogP contribution in [0.2, 0.25) is 0 Å². The lowest BCUT2D eigenvalue weighted by Crippen LogP contribution is -2.30. The summed E-state index contributed by atoms with van der Waals surface area (Å²) < 4.78 is 18.9. The fourth-order valence-electron chi connectivity index (χ4n) is 3.07. The quantitative estimate of drug-likeness (QED) is 0.876. The van der Waals surface area contributed by atoms with Gasteiger partial charge in [0.25, 0.3) is 0 Å². The highest BCUT2D eigenvalue weighted by molar-refractivity contribution is 5.37. The first-order valence-electron chi connectivity index (χ1n) is 7.18. The van der Waals surface area contributed by atoms with Crippen LogP contribution in [0.4, 0.5) is 4.39 Å². The van der Waals surface area contributed by atoms with Gasteiger partial charge in [0.05, 0.1) is 7.11 Å². The van der Waals surface area contributed by atoms with E-state index < -0.39 is 0 Å². The Morgan fingerprint density at radius 1 is 1.37 bits per heavy atom. The van der Waals surface area contributed by atoms with Crippen molar-refractivity contribution in [2.45, 2.75) is 45.1 Å². The zero-order chi connectivity index (χ0) is 13.8. The van der Waals surface area contributed by atoms with Crippen LogP contribution < -0.4 is 10.1 Å². The normalized spacial score (nSPS) is 23.0. The van der Waals surface area contributed by atoms with Gasteiger partial charge in [-0.15, -0.1) is 0 Å². The maximum atomic E-state index is 13.5. The van der Waals surface area contributed by atoms with Gasteiger partial charge < -0.3 is 10.1 Å². The fraction of sp³-hybridized carbons (Fsp3) is 0.625. The topological polar surface area (TPSA) is 21.3 Å². The van der Waals surface area contributed by atoms with Crippen LogP contribution in [0.3, 0.4) is 0 Å². The zero-order valence-electron chi connectivity index (χ0n) is 12.1. The molecule has 0 radical (unpaired) electrons. The van der Waals surface area contributed by atoms with Gasteiger partial charge in [0, 0.05) is 11.6 Å². The predicted octanol–water partition coefficient (Wildman–Crippen LogP) is 3.72. The average Bonchev–Trinajstić information content (AvgIpc) is 2.84. The molecule has 1 aliphatic rings. The lowest BCUT2D eigenvalue weighted by Gasteiger charge is -2.23. The molecule has 1 aliphatic carbocycles. The molecule has 0 bridgehead atoms. The van der Waals surface area contributed by atoms with Crippen LogP contribution in [-0.4, -0.2) is 19.7 Å². The highest BCUT2D eigenvalue weighted by atomic mass is 19.1. The molecule has 1 fully saturated rings. The monoisotopic (exact) mass is 265 g/mol. The van der Waals surface area contributed by atoms with Crippen LogP contribution in [0, 0.1) is 11.7 Å². The maximum Gasteiger partial charge on any atom is 0.123 e. The Kier molecular flexibility index (Phi) is 4.81. The number of hydrogen-bond acceptors (Lipinski definition) is 2. The minimum atomic E-state index is -0.168. The lowest BCUT2D eigenvalue weighted by atomic mass is 9.88. The first kappa shape index (κ1) is 14.3. The molecule has 0 heterocycles. The number of halogens is 1. The summed E-state index contributed by atoms with van der Waals surface area (Å²) in [6.45, 7) is 5.32. The number of benzene rings is 1. The molecule has 2 atom stereocenters. The third kappa shape index (κ3) is 3.47. The molecule has 1 saturated carbocycles. The van der Waals surface area contributed by atoms with E-state index in [0.29, 0.717) is 17.9 Å². The van der Waals surface area contributed by atoms with Crippen molar-refractivity contribution >= 4 is 0 Å². The number of nitrogens with one attached hydrogen (secondary N) is 1. The first-order chi connectivity index (χ1) is 9.11. The molecule has 1 aromatic rings. The van der Waals surface area contributed by atoms with E-state index in [9.17, 15) is 4.39 Å². The van der Waals surface area contributed by atoms with Crippen LogP contribution in [0.15, 0.2) is 18.2 Å². The van der Waals surface area contributed by atoms with Gasteiger partial charge in [-0.25, -0.2) is 4.39 Å². The Morgan fingerprint density at radius 2 is 2.16 bits per heavy atom. The van der Waals surface area contributed by atoms with Gasteiger partial charge in [-0.05, 0) is 49.4 Å². The van der Waals surface area contributed by atoms with Crippen molar-refractivity contribution in [3.05, 3.63) is 29.6 Å². The largest absolute Gasteiger partial charge is 0.496 e. The minimum absolute atomic E-state index is 0.168. The molecule has 2 rings (SSSR count). The van der Waals surface area contributed by atoms with E-state index in [1.807, 2.05) is 0 Å². The van der Waals surface area contributed by atoms with Gasteiger partial charge in [0.1, 0.15) is 11.6 Å². The molecule has 1 N–H and O–H groups in total. The molecular weight excluding hydrogens is 241 g/mol. The molecule has 3 heteroatoms. The predicted molar refractivity (Wildman–Crippen MR) is 76.2 cm³/mol. The average molecular weight is 265 g/mol. The molecule has 0 spiro atoms. The number of methoxy groups -OCH3 is 1. The summed E-state index contributed by atoms with van der Waals surface area (Å²) in [6, 6.07) is 5.36. The Bertz CT molecular complexity index is 419. The van der Waals surface area contributed by atoms with Crippen molar-refractivity contribution in [2.24, 2.45) is 5.92 Å². The molecule has 106 valence electrons. The van der Waals surface area contributed by atoms with E-state index in [4.69, 9.17) is 4.74 Å². The molecular formula is C16H24FNO. The van der Waals surface area contributed by atoms with Gasteiger partial charge in [0.2, 0.25) is 0 Å². The van der Waals surface area contributed by atoms with E-state index >= 15 is 0 Å². The van der Waals surface area contributed by atoms with Crippen molar-refractivity contribution in [1.29, 1.82) is 0 Å². The molecule has 0 aromatic heterocycles. The third-order valence-corrected chi connectivity index (χ3v) is 4.04. The molecule has 0 amide bonds. The summed E-state index contributed by atoms with van der Waals surface area (Å²) in [4.78, 5) is 0. The van der Waals surface area contributed by atoms with Gasteiger partial charge in [0.15, 0.2) is 0 Å². The second-order valence-corrected chi connectivity index (χ2v) is 5.75. The Hall–Kier alpha value is -1.09. The van der Waals surface area contributed by atoms with Gasteiger partial charge in [-0.3, -0.25) is 0 Å². The van der Waals surface area contributed by atoms with E-state index in [1.165, 1.54) is 18.9 Å². The van der Waals surface area contributed by atoms with Crippen LogP contribution in [-0.2, 0) is 0 Å². The van der Waals surface area contributed by atoms with Crippen LogP contribution in [0.25, 0.3) is 0 Å². The first-order valence-corrected chi connectivity index (χ1v) is 7.18. The fourth-order valence-corrected chi connectivity index (χ4v) is 3.07. The van der Waals surface area contributed by atoms with Gasteiger partial charge in [-0.2, -0.15) is 0 Å². The van der Waals surface area contributed by atoms with Crippen molar-refractivity contribution in [3.63, 3.8) is 0 Å². The molecule has 1 aromatic carbocycles. The number of ether oxygens (including phenoxy) is 1. The summed E-state index contributed by atoms with van der Waals surface area (Å²) in [7, 11) is 1.66. The van der Waals surface area contributed by atoms with E-state index in [-0.39, 0.29) is 5.82 Å². The highest BCUT2D eigenvalue weighted by Crippen LogP contribution is 2.43.